The highest BCUT2D eigenvalue weighted by molar-refractivity contribution is 14.2. The van der Waals surface area contributed by atoms with Gasteiger partial charge < -0.3 is 4.42 Å². The maximum absolute atomic E-state index is 6.45. The van der Waals surface area contributed by atoms with Gasteiger partial charge in [-0.05, 0) is 8.93 Å². The number of allylic oxidation sites excluding steroid dienone is 4. The molecule has 0 saturated heterocycles. The van der Waals surface area contributed by atoms with Crippen LogP contribution >= 0.6 is 41.7 Å². The molecule has 0 bridgehead atoms. The van der Waals surface area contributed by atoms with E-state index in [0.717, 1.165) is 27.3 Å². The fraction of sp³-hybridized carbons (Fsp3) is 0.158. The second kappa shape index (κ2) is 9.99. The van der Waals surface area contributed by atoms with Gasteiger partial charge in [-0.1, -0.05) is 62.4 Å². The fourth-order valence-electron chi connectivity index (χ4n) is 2.33. The van der Waals surface area contributed by atoms with E-state index in [9.17, 15) is 0 Å². The topological polar surface area (TPSA) is 43.9 Å². The van der Waals surface area contributed by atoms with Gasteiger partial charge in [-0.3, -0.25) is 4.68 Å². The van der Waals surface area contributed by atoms with Gasteiger partial charge in [0.15, 0.2) is 10.7 Å². The van der Waals surface area contributed by atoms with Crippen LogP contribution in [-0.2, 0) is 7.05 Å². The zero-order chi connectivity index (χ0) is 19.1. The SMILES string of the molecule is C=C/C=C\C=C\c1c(Cl)nc2cc(SI)oc2c1-c1cnn(C)c1.CC. The molecule has 0 N–H and O–H groups in total. The van der Waals surface area contributed by atoms with Crippen LogP contribution in [0.15, 0.2) is 58.9 Å². The molecule has 0 aromatic carbocycles. The van der Waals surface area contributed by atoms with Gasteiger partial charge in [-0.15, -0.1) is 0 Å². The Morgan fingerprint density at radius 1 is 1.31 bits per heavy atom. The lowest BCUT2D eigenvalue weighted by Gasteiger charge is -2.06. The predicted molar refractivity (Wildman–Crippen MR) is 121 cm³/mol. The molecule has 0 saturated carbocycles. The van der Waals surface area contributed by atoms with Crippen molar-refractivity contribution in [3.8, 4) is 11.1 Å². The first kappa shape index (κ1) is 20.8. The van der Waals surface area contributed by atoms with Crippen molar-refractivity contribution in [2.75, 3.05) is 0 Å². The summed E-state index contributed by atoms with van der Waals surface area (Å²) < 4.78 is 7.71. The molecule has 0 radical (unpaired) electrons. The maximum atomic E-state index is 6.45. The van der Waals surface area contributed by atoms with Crippen LogP contribution < -0.4 is 0 Å². The van der Waals surface area contributed by atoms with Crippen LogP contribution in [0.2, 0.25) is 5.15 Å². The molecule has 4 nitrogen and oxygen atoms in total. The molecule has 3 heterocycles. The van der Waals surface area contributed by atoms with Gasteiger partial charge in [0.2, 0.25) is 0 Å². The van der Waals surface area contributed by atoms with E-state index in [1.54, 1.807) is 17.0 Å². The van der Waals surface area contributed by atoms with E-state index in [1.165, 1.54) is 8.93 Å². The van der Waals surface area contributed by atoms with Gasteiger partial charge in [-0.25, -0.2) is 4.98 Å². The molecule has 0 amide bonds. The van der Waals surface area contributed by atoms with Crippen molar-refractivity contribution in [1.82, 2.24) is 14.8 Å². The zero-order valence-corrected chi connectivity index (χ0v) is 18.5. The fourth-order valence-corrected chi connectivity index (χ4v) is 3.51. The minimum absolute atomic E-state index is 0.426. The van der Waals surface area contributed by atoms with Crippen LogP contribution in [0.3, 0.4) is 0 Å². The van der Waals surface area contributed by atoms with Crippen LogP contribution in [-0.4, -0.2) is 14.8 Å². The highest BCUT2D eigenvalue weighted by Gasteiger charge is 2.19. The smallest absolute Gasteiger partial charge is 0.173 e. The zero-order valence-electron chi connectivity index (χ0n) is 14.7. The highest BCUT2D eigenvalue weighted by atomic mass is 127. The van der Waals surface area contributed by atoms with Gasteiger partial charge in [0.25, 0.3) is 0 Å². The first-order valence-electron chi connectivity index (χ1n) is 8.00. The van der Waals surface area contributed by atoms with Gasteiger partial charge in [0, 0.05) is 57.2 Å². The number of aromatic nitrogens is 3. The molecule has 0 fully saturated rings. The average molecular weight is 500 g/mol. The summed E-state index contributed by atoms with van der Waals surface area (Å²) in [5.74, 6) is 0. The summed E-state index contributed by atoms with van der Waals surface area (Å²) in [5.41, 5.74) is 4.05. The number of nitrogens with zero attached hydrogens (tertiary/aromatic N) is 3. The minimum atomic E-state index is 0.426. The third-order valence-corrected chi connectivity index (χ3v) is 5.26. The molecule has 3 rings (SSSR count). The van der Waals surface area contributed by atoms with E-state index in [-0.39, 0.29) is 0 Å². The molecule has 26 heavy (non-hydrogen) atoms. The Kier molecular flexibility index (Phi) is 7.99. The largest absolute Gasteiger partial charge is 0.447 e. The van der Waals surface area contributed by atoms with Crippen molar-refractivity contribution in [3.05, 3.63) is 60.1 Å². The minimum Gasteiger partial charge on any atom is -0.447 e. The van der Waals surface area contributed by atoms with Crippen LogP contribution in [0.1, 0.15) is 19.4 Å². The first-order valence-corrected chi connectivity index (χ1v) is 11.7. The summed E-state index contributed by atoms with van der Waals surface area (Å²) >= 11 is 8.63. The lowest BCUT2D eigenvalue weighted by molar-refractivity contribution is 0.517. The molecule has 0 unspecified atom stereocenters. The third-order valence-electron chi connectivity index (χ3n) is 3.32. The third kappa shape index (κ3) is 4.61. The number of fused-ring (bicyclic) bond motifs is 1. The van der Waals surface area contributed by atoms with E-state index in [1.807, 2.05) is 57.5 Å². The quantitative estimate of drug-likeness (QED) is 0.213. The van der Waals surface area contributed by atoms with Crippen molar-refractivity contribution < 1.29 is 4.42 Å². The number of rotatable bonds is 5. The maximum Gasteiger partial charge on any atom is 0.173 e. The summed E-state index contributed by atoms with van der Waals surface area (Å²) in [6.07, 6.45) is 13.0. The molecule has 0 atom stereocenters. The lowest BCUT2D eigenvalue weighted by atomic mass is 10.0. The van der Waals surface area contributed by atoms with E-state index in [0.29, 0.717) is 10.7 Å². The van der Waals surface area contributed by atoms with Crippen LogP contribution in [0.25, 0.3) is 28.3 Å². The monoisotopic (exact) mass is 499 g/mol. The number of furan rings is 1. The van der Waals surface area contributed by atoms with Gasteiger partial charge in [-0.2, -0.15) is 5.10 Å². The Labute approximate surface area is 174 Å². The van der Waals surface area contributed by atoms with Crippen molar-refractivity contribution in [1.29, 1.82) is 0 Å². The lowest BCUT2D eigenvalue weighted by Crippen LogP contribution is -1.89. The average Bonchev–Trinajstić information content (AvgIpc) is 3.26. The van der Waals surface area contributed by atoms with Crippen molar-refractivity contribution in [2.24, 2.45) is 7.05 Å². The molecule has 0 spiro atoms. The van der Waals surface area contributed by atoms with Gasteiger partial charge in [0.1, 0.15) is 10.7 Å². The molecule has 7 heteroatoms. The molecule has 0 aliphatic rings. The molecular formula is C19H19ClIN3OS. The molecule has 0 aliphatic heterocycles. The summed E-state index contributed by atoms with van der Waals surface area (Å²) in [5, 5.41) is 5.47. The first-order chi connectivity index (χ1) is 12.6. The standard InChI is InChI=1S/C17H13ClIN3OS.C2H6/c1-3-4-5-6-7-12-15(11-9-20-22(2)10-11)16-13(21-17(12)18)8-14(23-16)24-19;1-2/h3-10H,1H2,2H3;1-2H3/b5-4-,7-6+;. The van der Waals surface area contributed by atoms with Crippen LogP contribution in [0.4, 0.5) is 0 Å². The molecule has 136 valence electrons. The van der Waals surface area contributed by atoms with Crippen molar-refractivity contribution in [3.63, 3.8) is 0 Å². The number of halogens is 2. The van der Waals surface area contributed by atoms with Crippen LogP contribution in [0.5, 0.6) is 0 Å². The van der Waals surface area contributed by atoms with Crippen molar-refractivity contribution >= 4 is 58.9 Å². The Morgan fingerprint density at radius 3 is 2.69 bits per heavy atom. The Balaban J connectivity index is 0.00000117. The summed E-state index contributed by atoms with van der Waals surface area (Å²) in [6, 6.07) is 1.89. The number of pyridine rings is 1. The Hall–Kier alpha value is -1.51. The molecule has 0 aliphatic carbocycles. The van der Waals surface area contributed by atoms with Gasteiger partial charge >= 0.3 is 0 Å². The number of hydrogen-bond donors (Lipinski definition) is 0. The number of hydrogen-bond acceptors (Lipinski definition) is 4. The Bertz CT molecular complexity index is 959. The Morgan fingerprint density at radius 2 is 2.08 bits per heavy atom. The second-order valence-electron chi connectivity index (χ2n) is 4.93. The number of aryl methyl sites for hydroxylation is 1. The van der Waals surface area contributed by atoms with E-state index < -0.39 is 0 Å². The predicted octanol–water partition coefficient (Wildman–Crippen LogP) is 7.11. The second-order valence-corrected chi connectivity index (χ2v) is 7.17. The van der Waals surface area contributed by atoms with Gasteiger partial charge in [0.05, 0.1) is 6.20 Å². The van der Waals surface area contributed by atoms with E-state index >= 15 is 0 Å². The summed E-state index contributed by atoms with van der Waals surface area (Å²) in [7, 11) is 3.37. The highest BCUT2D eigenvalue weighted by Crippen LogP contribution is 2.40. The molecule has 3 aromatic heterocycles. The summed E-state index contributed by atoms with van der Waals surface area (Å²) in [6.45, 7) is 7.66. The van der Waals surface area contributed by atoms with E-state index in [2.05, 4.69) is 37.9 Å². The normalized spacial score (nSPS) is 11.3. The summed E-state index contributed by atoms with van der Waals surface area (Å²) in [4.78, 5) is 4.47. The molecular weight excluding hydrogens is 481 g/mol. The van der Waals surface area contributed by atoms with E-state index in [4.69, 9.17) is 16.0 Å². The van der Waals surface area contributed by atoms with Crippen LogP contribution in [0, 0.1) is 0 Å². The molecule has 3 aromatic rings. The van der Waals surface area contributed by atoms with Crippen molar-refractivity contribution in [2.45, 2.75) is 18.9 Å².